The number of aromatic nitrogens is 4. The fourth-order valence-electron chi connectivity index (χ4n) is 1.94. The third kappa shape index (κ3) is 2.46. The summed E-state index contributed by atoms with van der Waals surface area (Å²) >= 11 is 0. The van der Waals surface area contributed by atoms with Gasteiger partial charge in [0.15, 0.2) is 5.65 Å². The highest BCUT2D eigenvalue weighted by Gasteiger charge is 2.21. The SMILES string of the molecule is CCn1c(=O)[nH]c(=O)c2[nH]c(CC(C)(C)OC)nc21. The Labute approximate surface area is 109 Å². The van der Waals surface area contributed by atoms with Gasteiger partial charge in [-0.05, 0) is 20.8 Å². The van der Waals surface area contributed by atoms with E-state index in [1.54, 1.807) is 7.11 Å². The zero-order valence-corrected chi connectivity index (χ0v) is 11.5. The van der Waals surface area contributed by atoms with E-state index in [-0.39, 0.29) is 0 Å². The smallest absolute Gasteiger partial charge is 0.330 e. The number of methoxy groups -OCH3 is 1. The van der Waals surface area contributed by atoms with Crippen LogP contribution < -0.4 is 11.2 Å². The lowest BCUT2D eigenvalue weighted by Crippen LogP contribution is -2.29. The predicted molar refractivity (Wildman–Crippen MR) is 71.4 cm³/mol. The second-order valence-corrected chi connectivity index (χ2v) is 5.03. The molecule has 0 saturated heterocycles. The summed E-state index contributed by atoms with van der Waals surface area (Å²) in [6.07, 6.45) is 0.523. The van der Waals surface area contributed by atoms with Crippen molar-refractivity contribution in [2.45, 2.75) is 39.3 Å². The lowest BCUT2D eigenvalue weighted by Gasteiger charge is -2.20. The Morgan fingerprint density at radius 2 is 2.00 bits per heavy atom. The molecular weight excluding hydrogens is 248 g/mol. The Hall–Kier alpha value is -1.89. The van der Waals surface area contributed by atoms with Gasteiger partial charge in [-0.2, -0.15) is 0 Å². The maximum absolute atomic E-state index is 11.7. The maximum atomic E-state index is 11.7. The normalized spacial score (nSPS) is 12.2. The molecule has 0 aliphatic heterocycles. The van der Waals surface area contributed by atoms with Gasteiger partial charge in [-0.15, -0.1) is 0 Å². The minimum atomic E-state index is -0.446. The molecule has 0 fully saturated rings. The lowest BCUT2D eigenvalue weighted by molar-refractivity contribution is 0.0218. The van der Waals surface area contributed by atoms with Crippen LogP contribution in [-0.2, 0) is 17.7 Å². The van der Waals surface area contributed by atoms with Crippen LogP contribution in [0.4, 0.5) is 0 Å². The summed E-state index contributed by atoms with van der Waals surface area (Å²) in [6.45, 7) is 6.13. The molecule has 0 aliphatic rings. The van der Waals surface area contributed by atoms with Crippen molar-refractivity contribution >= 4 is 11.2 Å². The molecule has 0 bridgehead atoms. The van der Waals surface area contributed by atoms with Gasteiger partial charge in [0.05, 0.1) is 5.60 Å². The van der Waals surface area contributed by atoms with Crippen molar-refractivity contribution in [1.82, 2.24) is 19.5 Å². The second-order valence-electron chi connectivity index (χ2n) is 5.03. The highest BCUT2D eigenvalue weighted by molar-refractivity contribution is 5.69. The number of hydrogen-bond acceptors (Lipinski definition) is 4. The molecule has 0 aliphatic carbocycles. The average Bonchev–Trinajstić information content (AvgIpc) is 2.73. The van der Waals surface area contributed by atoms with Gasteiger partial charge < -0.3 is 9.72 Å². The minimum Gasteiger partial charge on any atom is -0.378 e. The van der Waals surface area contributed by atoms with Crippen LogP contribution in [0.2, 0.25) is 0 Å². The molecule has 2 aromatic heterocycles. The number of fused-ring (bicyclic) bond motifs is 1. The molecule has 0 saturated carbocycles. The number of H-pyrrole nitrogens is 2. The third-order valence-corrected chi connectivity index (χ3v) is 3.14. The first kappa shape index (κ1) is 13.5. The highest BCUT2D eigenvalue weighted by atomic mass is 16.5. The average molecular weight is 266 g/mol. The molecule has 0 atom stereocenters. The molecule has 7 nitrogen and oxygen atoms in total. The van der Waals surface area contributed by atoms with Gasteiger partial charge >= 0.3 is 5.69 Å². The van der Waals surface area contributed by atoms with E-state index in [0.29, 0.717) is 30.0 Å². The number of hydrogen-bond donors (Lipinski definition) is 2. The van der Waals surface area contributed by atoms with Crippen molar-refractivity contribution in [2.75, 3.05) is 7.11 Å². The molecule has 0 unspecified atom stereocenters. The number of ether oxygens (including phenoxy) is 1. The lowest BCUT2D eigenvalue weighted by atomic mass is 10.1. The summed E-state index contributed by atoms with van der Waals surface area (Å²) in [6, 6.07) is 0. The molecule has 0 spiro atoms. The van der Waals surface area contributed by atoms with Gasteiger partial charge in [-0.3, -0.25) is 14.3 Å². The Balaban J connectivity index is 2.60. The number of nitrogens with one attached hydrogen (secondary N) is 2. The van der Waals surface area contributed by atoms with Crippen molar-refractivity contribution in [3.05, 3.63) is 26.7 Å². The summed E-state index contributed by atoms with van der Waals surface area (Å²) in [5, 5.41) is 0. The van der Waals surface area contributed by atoms with Crippen LogP contribution in [0.1, 0.15) is 26.6 Å². The molecule has 0 amide bonds. The largest absolute Gasteiger partial charge is 0.378 e. The predicted octanol–water partition coefficient (Wildman–Crippen LogP) is 0.400. The van der Waals surface area contributed by atoms with Crippen LogP contribution in [-0.4, -0.2) is 32.2 Å². The topological polar surface area (TPSA) is 92.8 Å². The summed E-state index contributed by atoms with van der Waals surface area (Å²) in [4.78, 5) is 33.0. The molecule has 7 heteroatoms. The van der Waals surface area contributed by atoms with Crippen molar-refractivity contribution in [3.63, 3.8) is 0 Å². The molecule has 104 valence electrons. The fraction of sp³-hybridized carbons (Fsp3) is 0.583. The van der Waals surface area contributed by atoms with Crippen molar-refractivity contribution < 1.29 is 4.74 Å². The Kier molecular flexibility index (Phi) is 3.32. The fourth-order valence-corrected chi connectivity index (χ4v) is 1.94. The van der Waals surface area contributed by atoms with E-state index in [1.165, 1.54) is 4.57 Å². The van der Waals surface area contributed by atoms with E-state index in [2.05, 4.69) is 15.0 Å². The molecule has 0 aromatic carbocycles. The third-order valence-electron chi connectivity index (χ3n) is 3.14. The number of aromatic amines is 2. The van der Waals surface area contributed by atoms with Crippen LogP contribution in [0.25, 0.3) is 11.2 Å². The quantitative estimate of drug-likeness (QED) is 0.837. The first-order chi connectivity index (χ1) is 8.88. The van der Waals surface area contributed by atoms with E-state index in [0.717, 1.165) is 0 Å². The zero-order valence-electron chi connectivity index (χ0n) is 11.5. The van der Waals surface area contributed by atoms with Gasteiger partial charge in [0, 0.05) is 20.1 Å². The van der Waals surface area contributed by atoms with E-state index in [1.807, 2.05) is 20.8 Å². The van der Waals surface area contributed by atoms with Gasteiger partial charge in [0.2, 0.25) is 0 Å². The summed E-state index contributed by atoms with van der Waals surface area (Å²) in [7, 11) is 1.62. The molecule has 19 heavy (non-hydrogen) atoms. The molecule has 0 radical (unpaired) electrons. The Morgan fingerprint density at radius 1 is 1.32 bits per heavy atom. The number of imidazole rings is 1. The first-order valence-electron chi connectivity index (χ1n) is 6.15. The van der Waals surface area contributed by atoms with Gasteiger partial charge in [-0.25, -0.2) is 9.78 Å². The molecule has 2 aromatic rings. The second kappa shape index (κ2) is 4.65. The van der Waals surface area contributed by atoms with Crippen molar-refractivity contribution in [3.8, 4) is 0 Å². The van der Waals surface area contributed by atoms with Crippen molar-refractivity contribution in [2.24, 2.45) is 0 Å². The van der Waals surface area contributed by atoms with Crippen LogP contribution in [0.3, 0.4) is 0 Å². The zero-order chi connectivity index (χ0) is 14.2. The number of rotatable bonds is 4. The Bertz CT molecular complexity index is 708. The number of nitrogens with zero attached hydrogens (tertiary/aromatic N) is 2. The maximum Gasteiger partial charge on any atom is 0.330 e. The summed E-state index contributed by atoms with van der Waals surface area (Å²) in [5.74, 6) is 0.625. The first-order valence-corrected chi connectivity index (χ1v) is 6.15. The monoisotopic (exact) mass is 266 g/mol. The van der Waals surface area contributed by atoms with E-state index >= 15 is 0 Å². The van der Waals surface area contributed by atoms with E-state index in [9.17, 15) is 9.59 Å². The van der Waals surface area contributed by atoms with Crippen molar-refractivity contribution in [1.29, 1.82) is 0 Å². The van der Waals surface area contributed by atoms with Crippen LogP contribution in [0, 0.1) is 0 Å². The van der Waals surface area contributed by atoms with Crippen LogP contribution in [0.5, 0.6) is 0 Å². The van der Waals surface area contributed by atoms with Crippen LogP contribution in [0.15, 0.2) is 9.59 Å². The Morgan fingerprint density at radius 3 is 2.58 bits per heavy atom. The number of aryl methyl sites for hydroxylation is 1. The molecule has 2 heterocycles. The van der Waals surface area contributed by atoms with E-state index in [4.69, 9.17) is 4.74 Å². The molecular formula is C12H18N4O3. The molecule has 2 rings (SSSR count). The standard InChI is InChI=1S/C12H18N4O3/c1-5-16-9-8(10(17)15-11(16)18)13-7(14-9)6-12(2,3)19-4/h5-6H2,1-4H3,(H,13,14)(H,15,17,18). The summed E-state index contributed by atoms with van der Waals surface area (Å²) < 4.78 is 6.76. The van der Waals surface area contributed by atoms with Crippen LogP contribution >= 0.6 is 0 Å². The van der Waals surface area contributed by atoms with Gasteiger partial charge in [0.1, 0.15) is 11.3 Å². The van der Waals surface area contributed by atoms with Gasteiger partial charge in [-0.1, -0.05) is 0 Å². The summed E-state index contributed by atoms with van der Waals surface area (Å²) in [5.41, 5.74) is -0.568. The molecule has 2 N–H and O–H groups in total. The highest BCUT2D eigenvalue weighted by Crippen LogP contribution is 2.15. The minimum absolute atomic E-state index is 0.323. The van der Waals surface area contributed by atoms with E-state index < -0.39 is 16.9 Å². The van der Waals surface area contributed by atoms with Gasteiger partial charge in [0.25, 0.3) is 5.56 Å².